The van der Waals surface area contributed by atoms with Gasteiger partial charge < -0.3 is 10.6 Å². The molecule has 1 fully saturated rings. The van der Waals surface area contributed by atoms with E-state index in [4.69, 9.17) is 0 Å². The number of aromatic nitrogens is 3. The lowest BCUT2D eigenvalue weighted by atomic mass is 9.89. The summed E-state index contributed by atoms with van der Waals surface area (Å²) in [5.74, 6) is -0.365. The maximum absolute atomic E-state index is 12.6. The van der Waals surface area contributed by atoms with Crippen LogP contribution in [0.3, 0.4) is 0 Å². The summed E-state index contributed by atoms with van der Waals surface area (Å²) >= 11 is 0. The van der Waals surface area contributed by atoms with E-state index in [0.717, 1.165) is 44.0 Å². The average Bonchev–Trinajstić information content (AvgIpc) is 2.87. The molecule has 1 aromatic carbocycles. The van der Waals surface area contributed by atoms with E-state index in [1.165, 1.54) is 6.08 Å². The van der Waals surface area contributed by atoms with E-state index in [2.05, 4.69) is 27.5 Å². The number of amides is 2. The minimum Gasteiger partial charge on any atom is -0.350 e. The van der Waals surface area contributed by atoms with Crippen LogP contribution < -0.4 is 10.6 Å². The first-order valence-electron chi connectivity index (χ1n) is 9.05. The van der Waals surface area contributed by atoms with Gasteiger partial charge in [0.1, 0.15) is 5.52 Å². The first kappa shape index (κ1) is 18.1. The molecule has 138 valence electrons. The van der Waals surface area contributed by atoms with Gasteiger partial charge in [0, 0.05) is 19.2 Å². The van der Waals surface area contributed by atoms with E-state index in [1.54, 1.807) is 16.8 Å². The number of nitrogens with zero attached hydrogens (tertiary/aromatic N) is 3. The standard InChI is InChI=1S/C19H25N5O2/c1-3-17(25)21-19(10-6-4-5-7-11-19)13-20-18(26)14-8-9-16-15(12-14)22-23-24(16)2/h3,8-9,12H,1,4-7,10-11,13H2,2H3,(H,20,26)(H,21,25). The summed E-state index contributed by atoms with van der Waals surface area (Å²) in [5.41, 5.74) is 1.69. The van der Waals surface area contributed by atoms with Gasteiger partial charge >= 0.3 is 0 Å². The normalized spacial score (nSPS) is 16.7. The van der Waals surface area contributed by atoms with Gasteiger partial charge in [-0.3, -0.25) is 9.59 Å². The number of aryl methyl sites for hydroxylation is 1. The molecule has 2 amide bonds. The highest BCUT2D eigenvalue weighted by atomic mass is 16.2. The second-order valence-corrected chi connectivity index (χ2v) is 6.99. The molecule has 7 nitrogen and oxygen atoms in total. The predicted octanol–water partition coefficient (Wildman–Crippen LogP) is 2.09. The molecule has 1 heterocycles. The van der Waals surface area contributed by atoms with E-state index < -0.39 is 5.54 Å². The largest absolute Gasteiger partial charge is 0.350 e. The molecule has 3 rings (SSSR count). The Morgan fingerprint density at radius 2 is 2.00 bits per heavy atom. The lowest BCUT2D eigenvalue weighted by Gasteiger charge is -2.34. The summed E-state index contributed by atoms with van der Waals surface area (Å²) in [6.45, 7) is 3.95. The third-order valence-electron chi connectivity index (χ3n) is 5.09. The van der Waals surface area contributed by atoms with Gasteiger partial charge in [-0.2, -0.15) is 0 Å². The van der Waals surface area contributed by atoms with Gasteiger partial charge in [0.15, 0.2) is 0 Å². The number of rotatable bonds is 5. The molecule has 26 heavy (non-hydrogen) atoms. The van der Waals surface area contributed by atoms with Crippen molar-refractivity contribution in [3.63, 3.8) is 0 Å². The lowest BCUT2D eigenvalue weighted by molar-refractivity contribution is -0.118. The highest BCUT2D eigenvalue weighted by Gasteiger charge is 2.32. The Bertz CT molecular complexity index is 818. The molecular weight excluding hydrogens is 330 g/mol. The van der Waals surface area contributed by atoms with E-state index in [9.17, 15) is 9.59 Å². The zero-order valence-corrected chi connectivity index (χ0v) is 15.1. The van der Waals surface area contributed by atoms with Crippen molar-refractivity contribution in [3.8, 4) is 0 Å². The van der Waals surface area contributed by atoms with Crippen LogP contribution in [-0.4, -0.2) is 38.9 Å². The van der Waals surface area contributed by atoms with Gasteiger partial charge in [-0.25, -0.2) is 4.68 Å². The number of hydrogen-bond acceptors (Lipinski definition) is 4. The van der Waals surface area contributed by atoms with Gasteiger partial charge in [0.2, 0.25) is 5.91 Å². The molecule has 2 N–H and O–H groups in total. The molecule has 0 unspecified atom stereocenters. The zero-order valence-electron chi connectivity index (χ0n) is 15.1. The summed E-state index contributed by atoms with van der Waals surface area (Å²) in [7, 11) is 1.81. The van der Waals surface area contributed by atoms with E-state index in [1.807, 2.05) is 13.1 Å². The molecule has 7 heteroatoms. The van der Waals surface area contributed by atoms with Crippen molar-refractivity contribution in [2.24, 2.45) is 7.05 Å². The van der Waals surface area contributed by atoms with Gasteiger partial charge in [0.25, 0.3) is 5.91 Å². The number of nitrogens with one attached hydrogen (secondary N) is 2. The average molecular weight is 355 g/mol. The Morgan fingerprint density at radius 3 is 2.69 bits per heavy atom. The fraction of sp³-hybridized carbons (Fsp3) is 0.474. The minimum atomic E-state index is -0.409. The monoisotopic (exact) mass is 355 g/mol. The minimum absolute atomic E-state index is 0.172. The molecule has 1 saturated carbocycles. The maximum Gasteiger partial charge on any atom is 0.251 e. The summed E-state index contributed by atoms with van der Waals surface area (Å²) < 4.78 is 1.67. The van der Waals surface area contributed by atoms with Crippen LogP contribution in [-0.2, 0) is 11.8 Å². The third-order valence-corrected chi connectivity index (χ3v) is 5.09. The van der Waals surface area contributed by atoms with Crippen LogP contribution in [0.1, 0.15) is 48.9 Å². The maximum atomic E-state index is 12.6. The van der Waals surface area contributed by atoms with Crippen molar-refractivity contribution in [1.82, 2.24) is 25.6 Å². The molecular formula is C19H25N5O2. The second-order valence-electron chi connectivity index (χ2n) is 6.99. The van der Waals surface area contributed by atoms with Gasteiger partial charge in [-0.15, -0.1) is 5.10 Å². The Morgan fingerprint density at radius 1 is 1.27 bits per heavy atom. The molecule has 0 atom stereocenters. The van der Waals surface area contributed by atoms with Crippen LogP contribution in [0.15, 0.2) is 30.9 Å². The fourth-order valence-electron chi connectivity index (χ4n) is 3.60. The Balaban J connectivity index is 1.73. The molecule has 0 spiro atoms. The summed E-state index contributed by atoms with van der Waals surface area (Å²) in [6, 6.07) is 5.34. The highest BCUT2D eigenvalue weighted by molar-refractivity contribution is 5.97. The number of benzene rings is 1. The quantitative estimate of drug-likeness (QED) is 0.635. The van der Waals surface area contributed by atoms with Crippen LogP contribution in [0, 0.1) is 0 Å². The number of hydrogen-bond donors (Lipinski definition) is 2. The fourth-order valence-corrected chi connectivity index (χ4v) is 3.60. The first-order chi connectivity index (χ1) is 12.5. The molecule has 2 aromatic rings. The summed E-state index contributed by atoms with van der Waals surface area (Å²) in [4.78, 5) is 24.5. The molecule has 0 radical (unpaired) electrons. The molecule has 0 aliphatic heterocycles. The van der Waals surface area contributed by atoms with Gasteiger partial charge in [-0.05, 0) is 37.1 Å². The molecule has 0 saturated heterocycles. The van der Waals surface area contributed by atoms with E-state index in [-0.39, 0.29) is 11.8 Å². The van der Waals surface area contributed by atoms with Crippen LogP contribution >= 0.6 is 0 Å². The van der Waals surface area contributed by atoms with Crippen LogP contribution in [0.5, 0.6) is 0 Å². The van der Waals surface area contributed by atoms with Crippen molar-refractivity contribution in [3.05, 3.63) is 36.4 Å². The van der Waals surface area contributed by atoms with Crippen molar-refractivity contribution in [2.45, 2.75) is 44.1 Å². The Labute approximate surface area is 152 Å². The smallest absolute Gasteiger partial charge is 0.251 e. The summed E-state index contributed by atoms with van der Waals surface area (Å²) in [5, 5.41) is 14.1. The van der Waals surface area contributed by atoms with Crippen LogP contribution in [0.25, 0.3) is 11.0 Å². The Kier molecular flexibility index (Phi) is 5.35. The topological polar surface area (TPSA) is 88.9 Å². The van der Waals surface area contributed by atoms with Crippen molar-refractivity contribution < 1.29 is 9.59 Å². The van der Waals surface area contributed by atoms with Crippen molar-refractivity contribution >= 4 is 22.8 Å². The molecule has 1 aliphatic carbocycles. The van der Waals surface area contributed by atoms with Gasteiger partial charge in [-0.1, -0.05) is 37.5 Å². The second kappa shape index (κ2) is 7.68. The molecule has 0 bridgehead atoms. The zero-order chi connectivity index (χ0) is 18.6. The van der Waals surface area contributed by atoms with Crippen LogP contribution in [0.4, 0.5) is 0 Å². The number of fused-ring (bicyclic) bond motifs is 1. The molecule has 1 aromatic heterocycles. The van der Waals surface area contributed by atoms with Crippen molar-refractivity contribution in [2.75, 3.05) is 6.54 Å². The number of carbonyl (C=O) groups is 2. The third kappa shape index (κ3) is 3.92. The first-order valence-corrected chi connectivity index (χ1v) is 9.05. The number of carbonyl (C=O) groups excluding carboxylic acids is 2. The highest BCUT2D eigenvalue weighted by Crippen LogP contribution is 2.27. The van der Waals surface area contributed by atoms with E-state index in [0.29, 0.717) is 17.6 Å². The SMILES string of the molecule is C=CC(=O)NC1(CNC(=O)c2ccc3c(c2)nnn3C)CCCCCC1. The van der Waals surface area contributed by atoms with Gasteiger partial charge in [0.05, 0.1) is 11.1 Å². The summed E-state index contributed by atoms with van der Waals surface area (Å²) in [6.07, 6.45) is 7.40. The lowest BCUT2D eigenvalue weighted by Crippen LogP contribution is -2.55. The van der Waals surface area contributed by atoms with Crippen molar-refractivity contribution in [1.29, 1.82) is 0 Å². The molecule has 1 aliphatic rings. The van der Waals surface area contributed by atoms with E-state index >= 15 is 0 Å². The van der Waals surface area contributed by atoms with Crippen LogP contribution in [0.2, 0.25) is 0 Å². The predicted molar refractivity (Wildman–Crippen MR) is 99.6 cm³/mol. The Hall–Kier alpha value is -2.70.